The second-order valence-electron chi connectivity index (χ2n) is 5.81. The van der Waals surface area contributed by atoms with Crippen molar-refractivity contribution in [1.29, 1.82) is 0 Å². The van der Waals surface area contributed by atoms with Gasteiger partial charge < -0.3 is 20.3 Å². The van der Waals surface area contributed by atoms with Gasteiger partial charge in [-0.25, -0.2) is 15.0 Å². The zero-order valence-corrected chi connectivity index (χ0v) is 15.3. The third-order valence-corrected chi connectivity index (χ3v) is 4.58. The van der Waals surface area contributed by atoms with E-state index in [0.717, 1.165) is 25.9 Å². The number of phenolic OH excluding ortho intramolecular Hbond substituents is 2. The average molecular weight is 453 g/mol. The van der Waals surface area contributed by atoms with E-state index in [4.69, 9.17) is 4.74 Å². The molecule has 9 heteroatoms. The predicted octanol–water partition coefficient (Wildman–Crippen LogP) is 3.28. The zero-order valence-electron chi connectivity index (χ0n) is 13.2. The SMILES string of the molecule is Oc1ccc(O)c(Nc2nc(I)nc3c2ncn3C2CCCCO2)c1. The van der Waals surface area contributed by atoms with E-state index in [1.165, 1.54) is 18.2 Å². The molecular weight excluding hydrogens is 437 g/mol. The maximum atomic E-state index is 9.98. The van der Waals surface area contributed by atoms with Crippen molar-refractivity contribution in [2.75, 3.05) is 11.9 Å². The highest BCUT2D eigenvalue weighted by molar-refractivity contribution is 14.1. The summed E-state index contributed by atoms with van der Waals surface area (Å²) in [7, 11) is 0. The summed E-state index contributed by atoms with van der Waals surface area (Å²) >= 11 is 2.04. The number of hydrogen-bond acceptors (Lipinski definition) is 7. The summed E-state index contributed by atoms with van der Waals surface area (Å²) in [5, 5.41) is 22.6. The number of fused-ring (bicyclic) bond motifs is 1. The van der Waals surface area contributed by atoms with E-state index < -0.39 is 0 Å². The molecule has 0 spiro atoms. The first-order valence-electron chi connectivity index (χ1n) is 7.92. The molecule has 1 aliphatic rings. The lowest BCUT2D eigenvalue weighted by Crippen LogP contribution is -2.18. The van der Waals surface area contributed by atoms with E-state index in [1.807, 2.05) is 27.2 Å². The van der Waals surface area contributed by atoms with Crippen molar-refractivity contribution >= 4 is 45.3 Å². The van der Waals surface area contributed by atoms with Gasteiger partial charge in [0.25, 0.3) is 0 Å². The number of aromatic nitrogens is 4. The van der Waals surface area contributed by atoms with Gasteiger partial charge in [0.2, 0.25) is 0 Å². The quantitative estimate of drug-likeness (QED) is 0.242. The molecule has 8 nitrogen and oxygen atoms in total. The molecule has 1 aromatic carbocycles. The van der Waals surface area contributed by atoms with Gasteiger partial charge in [-0.2, -0.15) is 0 Å². The lowest BCUT2D eigenvalue weighted by atomic mass is 10.2. The number of nitrogens with one attached hydrogen (secondary N) is 1. The molecule has 1 atom stereocenters. The Hall–Kier alpha value is -2.14. The molecule has 130 valence electrons. The largest absolute Gasteiger partial charge is 0.508 e. The number of benzene rings is 1. The molecule has 0 radical (unpaired) electrons. The van der Waals surface area contributed by atoms with Crippen LogP contribution in [0.1, 0.15) is 25.5 Å². The maximum Gasteiger partial charge on any atom is 0.194 e. The third kappa shape index (κ3) is 3.21. The summed E-state index contributed by atoms with van der Waals surface area (Å²) in [5.41, 5.74) is 1.60. The number of ether oxygens (including phenoxy) is 1. The van der Waals surface area contributed by atoms with Gasteiger partial charge in [0.05, 0.1) is 12.0 Å². The Morgan fingerprint density at radius 3 is 2.92 bits per heavy atom. The fourth-order valence-electron chi connectivity index (χ4n) is 2.88. The number of imidazole rings is 1. The summed E-state index contributed by atoms with van der Waals surface area (Å²) in [5.74, 6) is 0.515. The lowest BCUT2D eigenvalue weighted by Gasteiger charge is -2.23. The van der Waals surface area contributed by atoms with Gasteiger partial charge in [-0.3, -0.25) is 4.57 Å². The molecule has 0 bridgehead atoms. The van der Waals surface area contributed by atoms with Crippen molar-refractivity contribution in [1.82, 2.24) is 19.5 Å². The lowest BCUT2D eigenvalue weighted by molar-refractivity contribution is -0.0298. The predicted molar refractivity (Wildman–Crippen MR) is 99.9 cm³/mol. The fraction of sp³-hybridized carbons (Fsp3) is 0.312. The van der Waals surface area contributed by atoms with Gasteiger partial charge in [-0.05, 0) is 31.4 Å². The highest BCUT2D eigenvalue weighted by atomic mass is 127. The van der Waals surface area contributed by atoms with Crippen LogP contribution in [0.3, 0.4) is 0 Å². The number of phenols is 2. The van der Waals surface area contributed by atoms with Crippen LogP contribution >= 0.6 is 22.6 Å². The van der Waals surface area contributed by atoms with Crippen LogP contribution in [0, 0.1) is 3.83 Å². The van der Waals surface area contributed by atoms with Crippen molar-refractivity contribution < 1.29 is 14.9 Å². The first-order chi connectivity index (χ1) is 12.1. The van der Waals surface area contributed by atoms with Crippen LogP contribution < -0.4 is 5.32 Å². The van der Waals surface area contributed by atoms with Crippen LogP contribution in [0.25, 0.3) is 11.2 Å². The molecule has 3 heterocycles. The van der Waals surface area contributed by atoms with Crippen LogP contribution in [0.15, 0.2) is 24.5 Å². The zero-order chi connectivity index (χ0) is 17.4. The number of hydrogen-bond donors (Lipinski definition) is 3. The minimum Gasteiger partial charge on any atom is -0.508 e. The smallest absolute Gasteiger partial charge is 0.194 e. The number of halogens is 1. The molecule has 4 rings (SSSR count). The van der Waals surface area contributed by atoms with Crippen molar-refractivity contribution in [3.8, 4) is 11.5 Å². The van der Waals surface area contributed by atoms with Crippen molar-refractivity contribution in [3.05, 3.63) is 28.4 Å². The Morgan fingerprint density at radius 1 is 1.24 bits per heavy atom. The van der Waals surface area contributed by atoms with Crippen LogP contribution in [0.2, 0.25) is 0 Å². The average Bonchev–Trinajstić information content (AvgIpc) is 3.03. The molecule has 1 aliphatic heterocycles. The van der Waals surface area contributed by atoms with E-state index in [2.05, 4.69) is 20.3 Å². The Labute approximate surface area is 157 Å². The van der Waals surface area contributed by atoms with Gasteiger partial charge in [0.15, 0.2) is 20.8 Å². The summed E-state index contributed by atoms with van der Waals surface area (Å²) in [4.78, 5) is 13.3. The molecule has 0 saturated carbocycles. The summed E-state index contributed by atoms with van der Waals surface area (Å²) in [6.07, 6.45) is 4.72. The Kier molecular flexibility index (Phi) is 4.34. The van der Waals surface area contributed by atoms with Crippen LogP contribution in [0.5, 0.6) is 11.5 Å². The van der Waals surface area contributed by atoms with E-state index in [0.29, 0.717) is 26.5 Å². The molecular formula is C16H16IN5O3. The third-order valence-electron chi connectivity index (χ3n) is 4.09. The van der Waals surface area contributed by atoms with Crippen molar-refractivity contribution in [2.24, 2.45) is 0 Å². The van der Waals surface area contributed by atoms with Gasteiger partial charge in [-0.1, -0.05) is 0 Å². The highest BCUT2D eigenvalue weighted by Gasteiger charge is 2.21. The van der Waals surface area contributed by atoms with E-state index in [1.54, 1.807) is 6.33 Å². The van der Waals surface area contributed by atoms with E-state index in [9.17, 15) is 10.2 Å². The molecule has 1 saturated heterocycles. The fourth-order valence-corrected chi connectivity index (χ4v) is 3.35. The van der Waals surface area contributed by atoms with Crippen molar-refractivity contribution in [3.63, 3.8) is 0 Å². The van der Waals surface area contributed by atoms with Gasteiger partial charge in [0.1, 0.15) is 17.7 Å². The molecule has 1 fully saturated rings. The summed E-state index contributed by atoms with van der Waals surface area (Å²) in [6, 6.07) is 4.25. The van der Waals surface area contributed by atoms with Gasteiger partial charge >= 0.3 is 0 Å². The first-order valence-corrected chi connectivity index (χ1v) is 9.00. The van der Waals surface area contributed by atoms with Crippen LogP contribution in [0.4, 0.5) is 11.5 Å². The number of aromatic hydroxyl groups is 2. The second kappa shape index (κ2) is 6.64. The van der Waals surface area contributed by atoms with E-state index >= 15 is 0 Å². The minimum atomic E-state index is -0.0773. The standard InChI is InChI=1S/C16H16IN5O3/c17-16-20-14(19-10-7-9(23)4-5-11(10)24)13-15(21-16)22(8-18-13)12-3-1-2-6-25-12/h4-5,7-8,12,23-24H,1-3,6H2,(H,19,20,21). The van der Waals surface area contributed by atoms with Gasteiger partial charge in [-0.15, -0.1) is 0 Å². The maximum absolute atomic E-state index is 9.98. The summed E-state index contributed by atoms with van der Waals surface area (Å²) < 4.78 is 8.30. The Bertz CT molecular complexity index is 924. The summed E-state index contributed by atoms with van der Waals surface area (Å²) in [6.45, 7) is 0.731. The van der Waals surface area contributed by atoms with Crippen LogP contribution in [-0.2, 0) is 4.74 Å². The van der Waals surface area contributed by atoms with Crippen molar-refractivity contribution in [2.45, 2.75) is 25.5 Å². The monoisotopic (exact) mass is 453 g/mol. The number of anilines is 2. The molecule has 0 amide bonds. The molecule has 1 unspecified atom stereocenters. The van der Waals surface area contributed by atoms with E-state index in [-0.39, 0.29) is 17.7 Å². The topological polar surface area (TPSA) is 105 Å². The minimum absolute atomic E-state index is 0.00890. The molecule has 3 aromatic rings. The molecule has 3 N–H and O–H groups in total. The highest BCUT2D eigenvalue weighted by Crippen LogP contribution is 2.33. The Morgan fingerprint density at radius 2 is 2.12 bits per heavy atom. The van der Waals surface area contributed by atoms with Crippen LogP contribution in [-0.4, -0.2) is 36.3 Å². The molecule has 25 heavy (non-hydrogen) atoms. The number of rotatable bonds is 3. The Balaban J connectivity index is 1.76. The first kappa shape index (κ1) is 16.3. The normalized spacial score (nSPS) is 17.7. The van der Waals surface area contributed by atoms with Gasteiger partial charge in [0, 0.05) is 35.3 Å². The molecule has 2 aromatic heterocycles. The molecule has 0 aliphatic carbocycles. The second-order valence-corrected chi connectivity index (χ2v) is 6.78. The number of nitrogens with zero attached hydrogens (tertiary/aromatic N) is 4.